The van der Waals surface area contributed by atoms with Crippen LogP contribution < -0.4 is 5.19 Å². The number of hydrogen-bond donors (Lipinski definition) is 2. The molecule has 0 bridgehead atoms. The van der Waals surface area contributed by atoms with E-state index < -0.39 is 8.07 Å². The molecule has 2 N–H and O–H groups in total. The Morgan fingerprint density at radius 1 is 1.29 bits per heavy atom. The summed E-state index contributed by atoms with van der Waals surface area (Å²) in [4.78, 5) is 0. The van der Waals surface area contributed by atoms with Crippen LogP contribution in [0.2, 0.25) is 18.6 Å². The van der Waals surface area contributed by atoms with E-state index >= 15 is 0 Å². The van der Waals surface area contributed by atoms with Gasteiger partial charge in [0.1, 0.15) is 0 Å². The fourth-order valence-electron chi connectivity index (χ4n) is 2.27. The maximum absolute atomic E-state index is 8.03. The summed E-state index contributed by atoms with van der Waals surface area (Å²) >= 11 is 0. The summed E-state index contributed by atoms with van der Waals surface area (Å²) < 4.78 is 0. The molecule has 14 heavy (non-hydrogen) atoms. The van der Waals surface area contributed by atoms with Gasteiger partial charge in [-0.3, -0.25) is 0 Å². The third kappa shape index (κ3) is 1.02. The number of hydrogen-bond acceptors (Lipinski definition) is 2. The first-order valence-corrected chi connectivity index (χ1v) is 7.85. The first-order chi connectivity index (χ1) is 6.59. The molecule has 0 radical (unpaired) electrons. The molecule has 0 fully saturated rings. The molecule has 0 saturated heterocycles. The lowest BCUT2D eigenvalue weighted by Crippen LogP contribution is -2.42. The lowest BCUT2D eigenvalue weighted by Gasteiger charge is -2.21. The Labute approximate surface area is 85.0 Å². The average molecular weight is 202 g/mol. The van der Waals surface area contributed by atoms with Crippen LogP contribution in [0.25, 0.3) is 0 Å². The molecule has 0 spiro atoms. The van der Waals surface area contributed by atoms with Crippen LogP contribution in [-0.4, -0.2) is 20.0 Å². The van der Waals surface area contributed by atoms with Gasteiger partial charge in [-0.05, 0) is 10.8 Å². The number of fused-ring (bicyclic) bond motifs is 1. The van der Waals surface area contributed by atoms with Crippen LogP contribution in [0.1, 0.15) is 5.56 Å². The maximum atomic E-state index is 8.03. The Bertz CT molecular complexity index is 410. The molecule has 0 aliphatic carbocycles. The number of benzene rings is 1. The summed E-state index contributed by atoms with van der Waals surface area (Å²) in [6, 6.07) is 8.15. The van der Waals surface area contributed by atoms with Crippen LogP contribution in [0.3, 0.4) is 0 Å². The highest BCUT2D eigenvalue weighted by atomic mass is 28.3. The van der Waals surface area contributed by atoms with Crippen molar-refractivity contribution < 1.29 is 0 Å². The van der Waals surface area contributed by atoms with Crippen molar-refractivity contribution in [3.8, 4) is 0 Å². The van der Waals surface area contributed by atoms with Gasteiger partial charge in [-0.15, -0.1) is 0 Å². The molecular formula is C11H14N2Si. The Kier molecular flexibility index (Phi) is 1.92. The van der Waals surface area contributed by atoms with E-state index in [2.05, 4.69) is 19.2 Å². The molecule has 0 aromatic heterocycles. The topological polar surface area (TPSA) is 47.7 Å². The zero-order valence-electron chi connectivity index (χ0n) is 8.46. The Hall–Kier alpha value is -1.22. The quantitative estimate of drug-likeness (QED) is 0.517. The van der Waals surface area contributed by atoms with Crippen molar-refractivity contribution in [2.45, 2.75) is 18.6 Å². The van der Waals surface area contributed by atoms with Crippen LogP contribution >= 0.6 is 0 Å². The van der Waals surface area contributed by atoms with Gasteiger partial charge in [-0.1, -0.05) is 37.4 Å². The summed E-state index contributed by atoms with van der Waals surface area (Å²) in [5.41, 5.74) is 1.78. The Morgan fingerprint density at radius 2 is 1.93 bits per heavy atom. The van der Waals surface area contributed by atoms with Crippen molar-refractivity contribution in [1.29, 1.82) is 10.8 Å². The predicted octanol–water partition coefficient (Wildman–Crippen LogP) is 2.00. The molecule has 1 heterocycles. The van der Waals surface area contributed by atoms with E-state index in [-0.39, 0.29) is 5.54 Å². The molecule has 1 aromatic rings. The summed E-state index contributed by atoms with van der Waals surface area (Å²) in [5, 5.41) is 16.8. The fourth-order valence-corrected chi connectivity index (χ4v) is 5.33. The van der Waals surface area contributed by atoms with Crippen LogP contribution in [0, 0.1) is 10.8 Å². The van der Waals surface area contributed by atoms with Gasteiger partial charge in [0.15, 0.2) is 0 Å². The predicted molar refractivity (Wildman–Crippen MR) is 62.9 cm³/mol. The first kappa shape index (κ1) is 9.34. The molecule has 72 valence electrons. The van der Waals surface area contributed by atoms with Crippen LogP contribution in [0.4, 0.5) is 0 Å². The minimum atomic E-state index is -1.62. The van der Waals surface area contributed by atoms with E-state index in [1.54, 1.807) is 0 Å². The lowest BCUT2D eigenvalue weighted by molar-refractivity contribution is 1.37. The monoisotopic (exact) mass is 202 g/mol. The Balaban J connectivity index is 2.67. The Morgan fingerprint density at radius 3 is 2.50 bits per heavy atom. The zero-order chi connectivity index (χ0) is 10.3. The lowest BCUT2D eigenvalue weighted by atomic mass is 10.1. The highest BCUT2D eigenvalue weighted by molar-refractivity contribution is 6.99. The van der Waals surface area contributed by atoms with Gasteiger partial charge in [-0.25, -0.2) is 0 Å². The molecule has 2 nitrogen and oxygen atoms in total. The second-order valence-electron chi connectivity index (χ2n) is 4.33. The molecule has 3 heteroatoms. The molecule has 1 aliphatic rings. The maximum Gasteiger partial charge on any atom is 0.0967 e. The smallest absolute Gasteiger partial charge is 0.0967 e. The summed E-state index contributed by atoms with van der Waals surface area (Å²) in [6.07, 6.45) is 1.45. The van der Waals surface area contributed by atoms with Gasteiger partial charge < -0.3 is 10.8 Å². The first-order valence-electron chi connectivity index (χ1n) is 4.78. The van der Waals surface area contributed by atoms with Crippen LogP contribution in [0.15, 0.2) is 24.3 Å². The van der Waals surface area contributed by atoms with Crippen molar-refractivity contribution in [2.75, 3.05) is 0 Å². The molecule has 1 aliphatic heterocycles. The second-order valence-corrected chi connectivity index (χ2v) is 8.93. The van der Waals surface area contributed by atoms with E-state index in [1.165, 1.54) is 11.4 Å². The molecule has 0 saturated carbocycles. The van der Waals surface area contributed by atoms with E-state index in [1.807, 2.05) is 18.2 Å². The SMILES string of the molecule is C[Si]1(C)c2ccccc2C(=N)C1C=N. The number of rotatable bonds is 1. The van der Waals surface area contributed by atoms with Crippen molar-refractivity contribution in [3.63, 3.8) is 0 Å². The molecule has 1 aromatic carbocycles. The van der Waals surface area contributed by atoms with Gasteiger partial charge in [0.25, 0.3) is 0 Å². The summed E-state index contributed by atoms with van der Waals surface area (Å²) in [6.45, 7) is 4.48. The van der Waals surface area contributed by atoms with Crippen LogP contribution in [0.5, 0.6) is 0 Å². The van der Waals surface area contributed by atoms with Gasteiger partial charge in [0, 0.05) is 17.5 Å². The molecule has 2 rings (SSSR count). The van der Waals surface area contributed by atoms with Gasteiger partial charge in [-0.2, -0.15) is 0 Å². The molecule has 0 amide bonds. The standard InChI is InChI=1S/C11H14N2Si/c1-14(2)9-6-4-3-5-8(9)11(13)10(14)7-12/h3-7,10,12-13H,1-2H3. The van der Waals surface area contributed by atoms with E-state index in [9.17, 15) is 0 Å². The van der Waals surface area contributed by atoms with E-state index in [0.717, 1.165) is 5.56 Å². The van der Waals surface area contributed by atoms with Gasteiger partial charge >= 0.3 is 0 Å². The van der Waals surface area contributed by atoms with Crippen molar-refractivity contribution in [1.82, 2.24) is 0 Å². The third-order valence-electron chi connectivity index (χ3n) is 3.17. The molecule has 1 unspecified atom stereocenters. The number of nitrogens with one attached hydrogen (secondary N) is 2. The minimum Gasteiger partial charge on any atom is -0.313 e. The normalized spacial score (nSPS) is 23.3. The van der Waals surface area contributed by atoms with Gasteiger partial charge in [0.05, 0.1) is 8.07 Å². The minimum absolute atomic E-state index is 0.0694. The van der Waals surface area contributed by atoms with E-state index in [0.29, 0.717) is 5.71 Å². The summed E-state index contributed by atoms with van der Waals surface area (Å²) in [5.74, 6) is 0. The van der Waals surface area contributed by atoms with Crippen molar-refractivity contribution in [2.24, 2.45) is 0 Å². The summed E-state index contributed by atoms with van der Waals surface area (Å²) in [7, 11) is -1.62. The fraction of sp³-hybridized carbons (Fsp3) is 0.273. The van der Waals surface area contributed by atoms with Gasteiger partial charge in [0.2, 0.25) is 0 Å². The van der Waals surface area contributed by atoms with E-state index in [4.69, 9.17) is 10.8 Å². The third-order valence-corrected chi connectivity index (χ3v) is 7.00. The highest BCUT2D eigenvalue weighted by Gasteiger charge is 2.43. The van der Waals surface area contributed by atoms with Crippen molar-refractivity contribution >= 4 is 25.2 Å². The molecule has 1 atom stereocenters. The van der Waals surface area contributed by atoms with Crippen LogP contribution in [-0.2, 0) is 0 Å². The zero-order valence-corrected chi connectivity index (χ0v) is 9.46. The largest absolute Gasteiger partial charge is 0.313 e. The molecular weight excluding hydrogens is 188 g/mol. The highest BCUT2D eigenvalue weighted by Crippen LogP contribution is 2.31. The average Bonchev–Trinajstić information content (AvgIpc) is 2.36. The second kappa shape index (κ2) is 2.88. The van der Waals surface area contributed by atoms with Crippen molar-refractivity contribution in [3.05, 3.63) is 29.8 Å².